The van der Waals surface area contributed by atoms with Crippen LogP contribution in [-0.2, 0) is 4.79 Å². The zero-order chi connectivity index (χ0) is 19.9. The van der Waals surface area contributed by atoms with Crippen molar-refractivity contribution >= 4 is 23.2 Å². The highest BCUT2D eigenvalue weighted by molar-refractivity contribution is 5.91. The van der Waals surface area contributed by atoms with Gasteiger partial charge in [-0.05, 0) is 48.1 Å². The molecule has 28 heavy (non-hydrogen) atoms. The topological polar surface area (TPSA) is 41.1 Å². The lowest BCUT2D eigenvalue weighted by molar-refractivity contribution is -0.123. The molecule has 1 aliphatic carbocycles. The Hall–Kier alpha value is -2.81. The Labute approximate surface area is 167 Å². The van der Waals surface area contributed by atoms with E-state index in [1.807, 2.05) is 18.2 Å². The molecule has 0 bridgehead atoms. The Morgan fingerprint density at radius 1 is 1.04 bits per heavy atom. The molecule has 1 aliphatic heterocycles. The number of carbonyl (C=O) groups is 1. The van der Waals surface area contributed by atoms with Gasteiger partial charge in [-0.2, -0.15) is 0 Å². The summed E-state index contributed by atoms with van der Waals surface area (Å²) in [5, 5.41) is 7.23. The number of carbonyl (C=O) groups excluding carboxylic acids is 1. The standard InChI is InChI=1S/C25H28N2O/c1-16-12-20-21(13-17(16)2)27-22-14-25(3,4)15-23(28)24(22)19(26-20)11-10-18-8-6-5-7-9-18/h5-14,19,24,26-27H,15H2,1-4H3/b11-10+/t19-,24+/m0/s1. The minimum Gasteiger partial charge on any atom is -0.376 e. The molecule has 2 atom stereocenters. The van der Waals surface area contributed by atoms with Crippen LogP contribution in [0.3, 0.4) is 0 Å². The number of hydrogen-bond acceptors (Lipinski definition) is 3. The molecule has 2 aromatic rings. The predicted molar refractivity (Wildman–Crippen MR) is 117 cm³/mol. The molecule has 1 heterocycles. The van der Waals surface area contributed by atoms with Gasteiger partial charge in [0.1, 0.15) is 5.78 Å². The van der Waals surface area contributed by atoms with E-state index in [0.29, 0.717) is 6.42 Å². The average molecular weight is 373 g/mol. The molecule has 0 saturated heterocycles. The van der Waals surface area contributed by atoms with Crippen molar-refractivity contribution in [1.82, 2.24) is 0 Å². The van der Waals surface area contributed by atoms with Gasteiger partial charge in [0.05, 0.1) is 23.3 Å². The van der Waals surface area contributed by atoms with E-state index >= 15 is 0 Å². The maximum Gasteiger partial charge on any atom is 0.145 e. The van der Waals surface area contributed by atoms with Gasteiger partial charge in [0, 0.05) is 12.1 Å². The number of aryl methyl sites for hydroxylation is 2. The maximum atomic E-state index is 13.1. The number of nitrogens with one attached hydrogen (secondary N) is 2. The maximum absolute atomic E-state index is 13.1. The van der Waals surface area contributed by atoms with Crippen molar-refractivity contribution in [1.29, 1.82) is 0 Å². The fraction of sp³-hybridized carbons (Fsp3) is 0.320. The number of rotatable bonds is 2. The van der Waals surface area contributed by atoms with Crippen LogP contribution in [0.25, 0.3) is 6.08 Å². The van der Waals surface area contributed by atoms with Crippen LogP contribution in [-0.4, -0.2) is 11.8 Å². The number of benzene rings is 2. The van der Waals surface area contributed by atoms with Gasteiger partial charge in [-0.25, -0.2) is 0 Å². The third-order valence-electron chi connectivity index (χ3n) is 5.75. The summed E-state index contributed by atoms with van der Waals surface area (Å²) < 4.78 is 0. The van der Waals surface area contributed by atoms with Crippen molar-refractivity contribution in [2.75, 3.05) is 10.6 Å². The van der Waals surface area contributed by atoms with E-state index in [4.69, 9.17) is 0 Å². The summed E-state index contributed by atoms with van der Waals surface area (Å²) in [5.41, 5.74) is 6.59. The van der Waals surface area contributed by atoms with Crippen LogP contribution in [0.15, 0.2) is 60.3 Å². The van der Waals surface area contributed by atoms with Gasteiger partial charge >= 0.3 is 0 Å². The van der Waals surface area contributed by atoms with Crippen molar-refractivity contribution in [3.8, 4) is 0 Å². The molecule has 2 N–H and O–H groups in total. The van der Waals surface area contributed by atoms with Gasteiger partial charge < -0.3 is 10.6 Å². The van der Waals surface area contributed by atoms with Crippen LogP contribution in [0, 0.1) is 25.2 Å². The second kappa shape index (κ2) is 6.97. The van der Waals surface area contributed by atoms with E-state index in [0.717, 1.165) is 22.6 Å². The van der Waals surface area contributed by atoms with E-state index in [9.17, 15) is 4.79 Å². The van der Waals surface area contributed by atoms with Crippen LogP contribution in [0.2, 0.25) is 0 Å². The van der Waals surface area contributed by atoms with Gasteiger partial charge in [-0.15, -0.1) is 0 Å². The van der Waals surface area contributed by atoms with Crippen molar-refractivity contribution < 1.29 is 4.79 Å². The summed E-state index contributed by atoms with van der Waals surface area (Å²) in [6, 6.07) is 14.5. The fourth-order valence-corrected chi connectivity index (χ4v) is 4.20. The molecule has 0 saturated carbocycles. The molecular weight excluding hydrogens is 344 g/mol. The zero-order valence-electron chi connectivity index (χ0n) is 17.0. The molecule has 0 unspecified atom stereocenters. The molecule has 2 aliphatic rings. The number of anilines is 2. The van der Waals surface area contributed by atoms with Gasteiger partial charge in [-0.3, -0.25) is 4.79 Å². The highest BCUT2D eigenvalue weighted by Gasteiger charge is 2.40. The average Bonchev–Trinajstić information content (AvgIpc) is 2.76. The number of allylic oxidation sites excluding steroid dienone is 1. The van der Waals surface area contributed by atoms with Gasteiger partial charge in [0.2, 0.25) is 0 Å². The quantitative estimate of drug-likeness (QED) is 0.708. The molecule has 3 heteroatoms. The van der Waals surface area contributed by atoms with Crippen LogP contribution in [0.5, 0.6) is 0 Å². The molecule has 0 amide bonds. The Morgan fingerprint density at radius 2 is 1.71 bits per heavy atom. The van der Waals surface area contributed by atoms with Gasteiger partial charge in [0.25, 0.3) is 0 Å². The molecule has 2 aromatic carbocycles. The van der Waals surface area contributed by atoms with E-state index < -0.39 is 0 Å². The Morgan fingerprint density at radius 3 is 2.43 bits per heavy atom. The van der Waals surface area contributed by atoms with Gasteiger partial charge in [-0.1, -0.05) is 62.4 Å². The number of ketones is 1. The molecule has 0 spiro atoms. The zero-order valence-corrected chi connectivity index (χ0v) is 17.0. The van der Waals surface area contributed by atoms with Gasteiger partial charge in [0.15, 0.2) is 0 Å². The normalized spacial score (nSPS) is 23.1. The van der Waals surface area contributed by atoms with E-state index in [-0.39, 0.29) is 23.2 Å². The van der Waals surface area contributed by atoms with E-state index in [1.165, 1.54) is 11.1 Å². The Bertz CT molecular complexity index is 970. The van der Waals surface area contributed by atoms with E-state index in [1.54, 1.807) is 0 Å². The minimum absolute atomic E-state index is 0.0917. The number of fused-ring (bicyclic) bond motifs is 2. The van der Waals surface area contributed by atoms with E-state index in [2.05, 4.69) is 80.8 Å². The first kappa shape index (κ1) is 18.5. The minimum atomic E-state index is -0.207. The van der Waals surface area contributed by atoms with Crippen LogP contribution < -0.4 is 10.6 Å². The summed E-state index contributed by atoms with van der Waals surface area (Å²) in [4.78, 5) is 13.1. The van der Waals surface area contributed by atoms with Crippen LogP contribution >= 0.6 is 0 Å². The van der Waals surface area contributed by atoms with Crippen molar-refractivity contribution in [3.63, 3.8) is 0 Å². The molecule has 3 nitrogen and oxygen atoms in total. The lowest BCUT2D eigenvalue weighted by Crippen LogP contribution is -2.40. The summed E-state index contributed by atoms with van der Waals surface area (Å²) in [6.07, 6.45) is 7.05. The summed E-state index contributed by atoms with van der Waals surface area (Å²) in [6.45, 7) is 8.50. The Balaban J connectivity index is 1.80. The van der Waals surface area contributed by atoms with Crippen LogP contribution in [0.1, 0.15) is 37.0 Å². The molecule has 144 valence electrons. The lowest BCUT2D eigenvalue weighted by Gasteiger charge is -2.34. The number of Topliss-reactive ketones (excluding diaryl/α,β-unsaturated/α-hetero) is 1. The SMILES string of the molecule is Cc1cc2c(cc1C)N[C@@H](/C=C/c1ccccc1)[C@H]1C(=O)CC(C)(C)C=C1N2. The first-order valence-electron chi connectivity index (χ1n) is 9.96. The van der Waals surface area contributed by atoms with Crippen molar-refractivity contribution in [2.24, 2.45) is 11.3 Å². The highest BCUT2D eigenvalue weighted by Crippen LogP contribution is 2.41. The lowest BCUT2D eigenvalue weighted by atomic mass is 9.73. The summed E-state index contributed by atoms with van der Waals surface area (Å²) in [5.74, 6) is 0.0764. The smallest absolute Gasteiger partial charge is 0.145 e. The summed E-state index contributed by atoms with van der Waals surface area (Å²) >= 11 is 0. The first-order chi connectivity index (χ1) is 13.3. The van der Waals surface area contributed by atoms with Crippen molar-refractivity contribution in [2.45, 2.75) is 40.2 Å². The second-order valence-corrected chi connectivity index (χ2v) is 8.76. The molecule has 0 fully saturated rings. The fourth-order valence-electron chi connectivity index (χ4n) is 4.20. The summed E-state index contributed by atoms with van der Waals surface area (Å²) in [7, 11) is 0. The third kappa shape index (κ3) is 3.62. The molecule has 0 aromatic heterocycles. The monoisotopic (exact) mass is 372 g/mol. The predicted octanol–water partition coefficient (Wildman–Crippen LogP) is 5.72. The Kier molecular flexibility index (Phi) is 4.62. The van der Waals surface area contributed by atoms with Crippen LogP contribution in [0.4, 0.5) is 11.4 Å². The molecule has 4 rings (SSSR count). The third-order valence-corrected chi connectivity index (χ3v) is 5.75. The molecular formula is C25H28N2O. The number of hydrogen-bond donors (Lipinski definition) is 2. The van der Waals surface area contributed by atoms with Crippen molar-refractivity contribution in [3.05, 3.63) is 77.0 Å². The highest BCUT2D eigenvalue weighted by atomic mass is 16.1. The molecule has 0 radical (unpaired) electrons. The second-order valence-electron chi connectivity index (χ2n) is 8.76. The first-order valence-corrected chi connectivity index (χ1v) is 9.96. The largest absolute Gasteiger partial charge is 0.376 e.